The van der Waals surface area contributed by atoms with Crippen LogP contribution in [0.5, 0.6) is 0 Å². The molecule has 1 aliphatic carbocycles. The van der Waals surface area contributed by atoms with Crippen LogP contribution in [0.2, 0.25) is 0 Å². The number of nitrogens with zero attached hydrogens (tertiary/aromatic N) is 2. The van der Waals surface area contributed by atoms with Gasteiger partial charge in [0.2, 0.25) is 0 Å². The Morgan fingerprint density at radius 1 is 1.19 bits per heavy atom. The number of anilines is 1. The number of hydrogen-bond donors (Lipinski definition) is 2. The molecule has 0 unspecified atom stereocenters. The van der Waals surface area contributed by atoms with Gasteiger partial charge in [-0.1, -0.05) is 0 Å². The maximum Gasteiger partial charge on any atom is 0.127 e. The first-order valence-electron chi connectivity index (χ1n) is 8.02. The summed E-state index contributed by atoms with van der Waals surface area (Å²) < 4.78 is 0.901. The van der Waals surface area contributed by atoms with Crippen molar-refractivity contribution in [1.82, 2.24) is 9.88 Å². The van der Waals surface area contributed by atoms with Crippen molar-refractivity contribution < 1.29 is 5.11 Å². The molecule has 1 aliphatic heterocycles. The highest BCUT2D eigenvalue weighted by Gasteiger charge is 2.20. The molecule has 3 rings (SSSR count). The fourth-order valence-electron chi connectivity index (χ4n) is 3.34. The summed E-state index contributed by atoms with van der Waals surface area (Å²) in [5.74, 6) is 0.958. The first-order chi connectivity index (χ1) is 10.2. The van der Waals surface area contributed by atoms with Gasteiger partial charge in [0.05, 0.1) is 6.10 Å². The molecule has 5 heteroatoms. The molecule has 0 spiro atoms. The molecule has 2 heterocycles. The van der Waals surface area contributed by atoms with Gasteiger partial charge in [-0.2, -0.15) is 0 Å². The van der Waals surface area contributed by atoms with Crippen molar-refractivity contribution in [1.29, 1.82) is 0 Å². The molecule has 2 fully saturated rings. The number of aromatic nitrogens is 1. The van der Waals surface area contributed by atoms with Gasteiger partial charge in [-0.15, -0.1) is 0 Å². The minimum atomic E-state index is -0.107. The highest BCUT2D eigenvalue weighted by Crippen LogP contribution is 2.24. The molecular formula is C16H24BrN3O. The van der Waals surface area contributed by atoms with Crippen LogP contribution in [0.4, 0.5) is 5.82 Å². The third-order valence-electron chi connectivity index (χ3n) is 4.51. The van der Waals surface area contributed by atoms with Crippen molar-refractivity contribution in [3.8, 4) is 0 Å². The average molecular weight is 354 g/mol. The van der Waals surface area contributed by atoms with Gasteiger partial charge in [-0.05, 0) is 85.2 Å². The van der Waals surface area contributed by atoms with E-state index in [1.54, 1.807) is 0 Å². The van der Waals surface area contributed by atoms with Crippen LogP contribution >= 0.6 is 15.9 Å². The number of halogens is 1. The minimum Gasteiger partial charge on any atom is -0.393 e. The molecule has 2 N–H and O–H groups in total. The number of hydrogen-bond acceptors (Lipinski definition) is 4. The van der Waals surface area contributed by atoms with E-state index < -0.39 is 0 Å². The summed E-state index contributed by atoms with van der Waals surface area (Å²) in [7, 11) is 0. The quantitative estimate of drug-likeness (QED) is 0.816. The summed E-state index contributed by atoms with van der Waals surface area (Å²) in [5.41, 5.74) is 1.32. The Bertz CT molecular complexity index is 469. The molecule has 1 aromatic rings. The van der Waals surface area contributed by atoms with E-state index in [0.717, 1.165) is 42.6 Å². The summed E-state index contributed by atoms with van der Waals surface area (Å²) in [6.07, 6.45) is 6.37. The standard InChI is InChI=1S/C16H24BrN3O/c17-15-9-12(11-20-7-1-2-8-20)10-16(19-15)18-13-3-5-14(21)6-4-13/h9-10,13-14,21H,1-8,11H2,(H,18,19). The van der Waals surface area contributed by atoms with Crippen molar-refractivity contribution in [3.63, 3.8) is 0 Å². The predicted octanol–water partition coefficient (Wildman–Crippen LogP) is 3.16. The lowest BCUT2D eigenvalue weighted by molar-refractivity contribution is 0.126. The van der Waals surface area contributed by atoms with Crippen LogP contribution in [0.25, 0.3) is 0 Å². The van der Waals surface area contributed by atoms with Crippen molar-refractivity contribution in [3.05, 3.63) is 22.3 Å². The number of aliphatic hydroxyl groups excluding tert-OH is 1. The zero-order valence-corrected chi connectivity index (χ0v) is 14.0. The van der Waals surface area contributed by atoms with E-state index >= 15 is 0 Å². The average Bonchev–Trinajstić information content (AvgIpc) is 2.93. The van der Waals surface area contributed by atoms with Crippen LogP contribution in [-0.4, -0.2) is 40.2 Å². The van der Waals surface area contributed by atoms with Gasteiger partial charge in [0.15, 0.2) is 0 Å². The molecule has 116 valence electrons. The molecule has 4 nitrogen and oxygen atoms in total. The van der Waals surface area contributed by atoms with Gasteiger partial charge in [-0.3, -0.25) is 4.90 Å². The lowest BCUT2D eigenvalue weighted by Crippen LogP contribution is -2.28. The van der Waals surface area contributed by atoms with Crippen LogP contribution in [0.1, 0.15) is 44.1 Å². The van der Waals surface area contributed by atoms with Crippen LogP contribution in [0.15, 0.2) is 16.7 Å². The molecule has 1 aromatic heterocycles. The smallest absolute Gasteiger partial charge is 0.127 e. The van der Waals surface area contributed by atoms with E-state index in [9.17, 15) is 5.11 Å². The first-order valence-corrected chi connectivity index (χ1v) is 8.82. The normalized spacial score (nSPS) is 27.0. The topological polar surface area (TPSA) is 48.4 Å². The van der Waals surface area contributed by atoms with E-state index in [2.05, 4.69) is 43.3 Å². The first kappa shape index (κ1) is 15.3. The highest BCUT2D eigenvalue weighted by molar-refractivity contribution is 9.10. The van der Waals surface area contributed by atoms with Gasteiger partial charge in [0, 0.05) is 12.6 Å². The van der Waals surface area contributed by atoms with Gasteiger partial charge >= 0.3 is 0 Å². The number of pyridine rings is 1. The number of rotatable bonds is 4. The van der Waals surface area contributed by atoms with E-state index in [1.807, 2.05) is 0 Å². The monoisotopic (exact) mass is 353 g/mol. The Morgan fingerprint density at radius 2 is 1.90 bits per heavy atom. The lowest BCUT2D eigenvalue weighted by atomic mass is 9.93. The van der Waals surface area contributed by atoms with E-state index in [1.165, 1.54) is 31.5 Å². The van der Waals surface area contributed by atoms with Gasteiger partial charge < -0.3 is 10.4 Å². The van der Waals surface area contributed by atoms with Crippen molar-refractivity contribution in [2.45, 2.75) is 57.2 Å². The molecule has 1 saturated heterocycles. The summed E-state index contributed by atoms with van der Waals surface area (Å²) in [6.45, 7) is 3.44. The molecular weight excluding hydrogens is 330 g/mol. The van der Waals surface area contributed by atoms with E-state index in [4.69, 9.17) is 0 Å². The predicted molar refractivity (Wildman–Crippen MR) is 88.3 cm³/mol. The molecule has 2 aliphatic rings. The second-order valence-corrected chi connectivity index (χ2v) is 7.13. The molecule has 0 amide bonds. The van der Waals surface area contributed by atoms with Crippen LogP contribution in [0, 0.1) is 0 Å². The molecule has 1 saturated carbocycles. The van der Waals surface area contributed by atoms with Crippen LogP contribution in [-0.2, 0) is 6.54 Å². The van der Waals surface area contributed by atoms with Crippen molar-refractivity contribution in [2.24, 2.45) is 0 Å². The number of nitrogens with one attached hydrogen (secondary N) is 1. The summed E-state index contributed by atoms with van der Waals surface area (Å²) in [6, 6.07) is 4.73. The van der Waals surface area contributed by atoms with Crippen molar-refractivity contribution >= 4 is 21.7 Å². The van der Waals surface area contributed by atoms with E-state index in [0.29, 0.717) is 6.04 Å². The van der Waals surface area contributed by atoms with Crippen LogP contribution in [0.3, 0.4) is 0 Å². The second-order valence-electron chi connectivity index (χ2n) is 6.32. The van der Waals surface area contributed by atoms with Gasteiger partial charge in [0.1, 0.15) is 10.4 Å². The zero-order chi connectivity index (χ0) is 14.7. The maximum atomic E-state index is 9.58. The summed E-state index contributed by atoms with van der Waals surface area (Å²) >= 11 is 3.53. The Hall–Kier alpha value is -0.650. The van der Waals surface area contributed by atoms with Crippen LogP contribution < -0.4 is 5.32 Å². The maximum absolute atomic E-state index is 9.58. The van der Waals surface area contributed by atoms with Gasteiger partial charge in [-0.25, -0.2) is 4.98 Å². The summed E-state index contributed by atoms with van der Waals surface area (Å²) in [4.78, 5) is 7.05. The molecule has 0 aromatic carbocycles. The minimum absolute atomic E-state index is 0.107. The Morgan fingerprint density at radius 3 is 2.62 bits per heavy atom. The Labute approximate surface area is 135 Å². The highest BCUT2D eigenvalue weighted by atomic mass is 79.9. The molecule has 21 heavy (non-hydrogen) atoms. The van der Waals surface area contributed by atoms with Crippen molar-refractivity contribution in [2.75, 3.05) is 18.4 Å². The van der Waals surface area contributed by atoms with Gasteiger partial charge in [0.25, 0.3) is 0 Å². The fourth-order valence-corrected chi connectivity index (χ4v) is 3.83. The largest absolute Gasteiger partial charge is 0.393 e. The third kappa shape index (κ3) is 4.41. The Balaban J connectivity index is 1.63. The molecule has 0 radical (unpaired) electrons. The van der Waals surface area contributed by atoms with E-state index in [-0.39, 0.29) is 6.10 Å². The number of likely N-dealkylation sites (tertiary alicyclic amines) is 1. The Kier molecular flexibility index (Phi) is 5.14. The third-order valence-corrected chi connectivity index (χ3v) is 4.91. The SMILES string of the molecule is OC1CCC(Nc2cc(CN3CCCC3)cc(Br)n2)CC1. The zero-order valence-electron chi connectivity index (χ0n) is 12.4. The fraction of sp³-hybridized carbons (Fsp3) is 0.688. The second kappa shape index (κ2) is 7.07. The lowest BCUT2D eigenvalue weighted by Gasteiger charge is -2.27. The summed E-state index contributed by atoms with van der Waals surface area (Å²) in [5, 5.41) is 13.1. The molecule has 0 bridgehead atoms. The molecule has 0 atom stereocenters. The number of aliphatic hydroxyl groups is 1.